The summed E-state index contributed by atoms with van der Waals surface area (Å²) in [5, 5.41) is 9.40. The van der Waals surface area contributed by atoms with Gasteiger partial charge in [0.2, 0.25) is 0 Å². The first-order chi connectivity index (χ1) is 13.5. The van der Waals surface area contributed by atoms with Crippen LogP contribution in [0.25, 0.3) is 17.4 Å². The number of nitriles is 1. The number of rotatable bonds is 5. The van der Waals surface area contributed by atoms with Crippen molar-refractivity contribution in [1.82, 2.24) is 4.90 Å². The first-order valence-corrected chi connectivity index (χ1v) is 9.80. The normalized spacial score (nSPS) is 16.1. The predicted octanol–water partition coefficient (Wildman–Crippen LogP) is 5.10. The van der Waals surface area contributed by atoms with Crippen molar-refractivity contribution < 1.29 is 14.0 Å². The molecule has 1 aliphatic rings. The third-order valence-electron chi connectivity index (χ3n) is 4.60. The first kappa shape index (κ1) is 19.8. The molecular formula is C22H19BrN2O3. The fourth-order valence-corrected chi connectivity index (χ4v) is 3.26. The van der Waals surface area contributed by atoms with Crippen molar-refractivity contribution in [1.29, 1.82) is 5.26 Å². The van der Waals surface area contributed by atoms with Gasteiger partial charge in [-0.1, -0.05) is 41.4 Å². The molecule has 0 unspecified atom stereocenters. The molecule has 5 nitrogen and oxygen atoms in total. The minimum absolute atomic E-state index is 0.00152. The van der Waals surface area contributed by atoms with E-state index in [1.807, 2.05) is 43.3 Å². The van der Waals surface area contributed by atoms with Crippen molar-refractivity contribution in [2.75, 3.05) is 6.54 Å². The molecule has 0 saturated heterocycles. The van der Waals surface area contributed by atoms with Crippen LogP contribution in [0.5, 0.6) is 0 Å². The van der Waals surface area contributed by atoms with Gasteiger partial charge >= 0.3 is 0 Å². The van der Waals surface area contributed by atoms with Crippen molar-refractivity contribution in [2.45, 2.75) is 26.7 Å². The van der Waals surface area contributed by atoms with E-state index in [1.165, 1.54) is 0 Å². The van der Waals surface area contributed by atoms with E-state index in [9.17, 15) is 14.9 Å². The molecule has 2 heterocycles. The Labute approximate surface area is 172 Å². The number of halogens is 1. The number of unbranched alkanes of at least 4 members (excludes halogenated alkanes) is 1. The van der Waals surface area contributed by atoms with E-state index in [-0.39, 0.29) is 5.57 Å². The zero-order chi connectivity index (χ0) is 20.3. The maximum absolute atomic E-state index is 12.9. The van der Waals surface area contributed by atoms with Crippen LogP contribution >= 0.6 is 15.9 Å². The Morgan fingerprint density at radius 3 is 2.50 bits per heavy atom. The fraction of sp³-hybridized carbons (Fsp3) is 0.227. The van der Waals surface area contributed by atoms with Crippen LogP contribution in [-0.4, -0.2) is 23.3 Å². The number of carbonyl (C=O) groups excluding carboxylic acids is 2. The van der Waals surface area contributed by atoms with Crippen LogP contribution in [0.4, 0.5) is 0 Å². The number of benzene rings is 1. The van der Waals surface area contributed by atoms with E-state index in [4.69, 9.17) is 4.42 Å². The molecule has 0 fully saturated rings. The standard InChI is InChI=1S/C22H19BrN2O3/c1-3-4-11-25-21(26)18(14(2)19(13-24)22(25)27)12-17-9-10-20(28-17)15-5-7-16(23)8-6-15/h5-10,12H,3-4,11H2,1-2H3/b18-12+. The number of nitrogens with zero attached hydrogens (tertiary/aromatic N) is 2. The Hall–Kier alpha value is -2.91. The Kier molecular flexibility index (Phi) is 5.96. The van der Waals surface area contributed by atoms with E-state index in [0.29, 0.717) is 35.6 Å². The van der Waals surface area contributed by atoms with Gasteiger partial charge in [-0.3, -0.25) is 14.5 Å². The maximum Gasteiger partial charge on any atom is 0.271 e. The molecule has 28 heavy (non-hydrogen) atoms. The molecule has 0 N–H and O–H groups in total. The van der Waals surface area contributed by atoms with Gasteiger partial charge in [0.25, 0.3) is 11.8 Å². The number of carbonyl (C=O) groups is 2. The smallest absolute Gasteiger partial charge is 0.271 e. The molecular weight excluding hydrogens is 420 g/mol. The summed E-state index contributed by atoms with van der Waals surface area (Å²) in [5.74, 6) is 0.244. The van der Waals surface area contributed by atoms with E-state index in [0.717, 1.165) is 21.4 Å². The molecule has 0 radical (unpaired) electrons. The van der Waals surface area contributed by atoms with Crippen LogP contribution in [0.1, 0.15) is 32.4 Å². The second kappa shape index (κ2) is 8.41. The molecule has 1 aromatic carbocycles. The summed E-state index contributed by atoms with van der Waals surface area (Å²) in [6.45, 7) is 3.90. The van der Waals surface area contributed by atoms with Gasteiger partial charge in [-0.15, -0.1) is 0 Å². The summed E-state index contributed by atoms with van der Waals surface area (Å²) in [6, 6.07) is 13.2. The van der Waals surface area contributed by atoms with Crippen molar-refractivity contribution in [3.63, 3.8) is 0 Å². The van der Waals surface area contributed by atoms with Crippen molar-refractivity contribution in [3.8, 4) is 17.4 Å². The van der Waals surface area contributed by atoms with Crippen LogP contribution in [0.2, 0.25) is 0 Å². The first-order valence-electron chi connectivity index (χ1n) is 9.01. The topological polar surface area (TPSA) is 74.3 Å². The summed E-state index contributed by atoms with van der Waals surface area (Å²) in [6.07, 6.45) is 3.13. The fourth-order valence-electron chi connectivity index (χ4n) is 2.99. The van der Waals surface area contributed by atoms with Crippen LogP contribution < -0.4 is 0 Å². The molecule has 0 aliphatic carbocycles. The quantitative estimate of drug-likeness (QED) is 0.480. The largest absolute Gasteiger partial charge is 0.457 e. The van der Waals surface area contributed by atoms with Gasteiger partial charge in [0.15, 0.2) is 0 Å². The average molecular weight is 439 g/mol. The predicted molar refractivity (Wildman–Crippen MR) is 110 cm³/mol. The van der Waals surface area contributed by atoms with Gasteiger partial charge in [0.05, 0.1) is 0 Å². The highest BCUT2D eigenvalue weighted by Gasteiger charge is 2.35. The number of amides is 2. The number of hydrogen-bond donors (Lipinski definition) is 0. The lowest BCUT2D eigenvalue weighted by Gasteiger charge is -2.27. The van der Waals surface area contributed by atoms with E-state index in [2.05, 4.69) is 15.9 Å². The maximum atomic E-state index is 12.9. The summed E-state index contributed by atoms with van der Waals surface area (Å²) in [4.78, 5) is 26.5. The highest BCUT2D eigenvalue weighted by Crippen LogP contribution is 2.29. The Balaban J connectivity index is 1.99. The van der Waals surface area contributed by atoms with Gasteiger partial charge < -0.3 is 4.42 Å². The minimum Gasteiger partial charge on any atom is -0.457 e. The summed E-state index contributed by atoms with van der Waals surface area (Å²) in [7, 11) is 0. The minimum atomic E-state index is -0.523. The lowest BCUT2D eigenvalue weighted by molar-refractivity contribution is -0.140. The second-order valence-electron chi connectivity index (χ2n) is 6.49. The number of furan rings is 1. The van der Waals surface area contributed by atoms with E-state index < -0.39 is 11.8 Å². The lowest BCUT2D eigenvalue weighted by Crippen LogP contribution is -2.43. The lowest BCUT2D eigenvalue weighted by atomic mass is 9.94. The van der Waals surface area contributed by atoms with Crippen molar-refractivity contribution in [2.24, 2.45) is 0 Å². The SMILES string of the molecule is CCCCN1C(=O)C(C#N)=C(C)/C(=C\c2ccc(-c3ccc(Br)cc3)o2)C1=O. The van der Waals surface area contributed by atoms with Gasteiger partial charge in [-0.05, 0) is 49.3 Å². The monoisotopic (exact) mass is 438 g/mol. The van der Waals surface area contributed by atoms with Crippen LogP contribution in [0, 0.1) is 11.3 Å². The molecule has 3 rings (SSSR count). The molecule has 1 aromatic heterocycles. The van der Waals surface area contributed by atoms with E-state index in [1.54, 1.807) is 19.1 Å². The molecule has 0 atom stereocenters. The Morgan fingerprint density at radius 2 is 1.86 bits per heavy atom. The van der Waals surface area contributed by atoms with Crippen molar-refractivity contribution >= 4 is 33.8 Å². The second-order valence-corrected chi connectivity index (χ2v) is 7.41. The molecule has 2 aromatic rings. The van der Waals surface area contributed by atoms with Gasteiger partial charge in [0.1, 0.15) is 23.2 Å². The molecule has 1 aliphatic heterocycles. The Morgan fingerprint density at radius 1 is 1.14 bits per heavy atom. The zero-order valence-corrected chi connectivity index (χ0v) is 17.2. The number of imide groups is 1. The van der Waals surface area contributed by atoms with Crippen LogP contribution in [0.3, 0.4) is 0 Å². The summed E-state index contributed by atoms with van der Waals surface area (Å²) < 4.78 is 6.84. The average Bonchev–Trinajstić information content (AvgIpc) is 3.15. The highest BCUT2D eigenvalue weighted by molar-refractivity contribution is 9.10. The van der Waals surface area contributed by atoms with Gasteiger partial charge in [0, 0.05) is 22.2 Å². The number of hydrogen-bond acceptors (Lipinski definition) is 4. The van der Waals surface area contributed by atoms with Gasteiger partial charge in [-0.25, -0.2) is 0 Å². The molecule has 2 amide bonds. The third-order valence-corrected chi connectivity index (χ3v) is 5.13. The summed E-state index contributed by atoms with van der Waals surface area (Å²) >= 11 is 3.40. The van der Waals surface area contributed by atoms with Crippen molar-refractivity contribution in [3.05, 3.63) is 63.4 Å². The summed E-state index contributed by atoms with van der Waals surface area (Å²) in [5.41, 5.74) is 1.60. The van der Waals surface area contributed by atoms with Crippen LogP contribution in [0.15, 0.2) is 62.0 Å². The van der Waals surface area contributed by atoms with Gasteiger partial charge in [-0.2, -0.15) is 5.26 Å². The molecule has 142 valence electrons. The third kappa shape index (κ3) is 3.85. The van der Waals surface area contributed by atoms with E-state index >= 15 is 0 Å². The zero-order valence-electron chi connectivity index (χ0n) is 15.7. The molecule has 0 bridgehead atoms. The van der Waals surface area contributed by atoms with Crippen LogP contribution in [-0.2, 0) is 9.59 Å². The molecule has 6 heteroatoms. The Bertz CT molecular complexity index is 1020. The highest BCUT2D eigenvalue weighted by atomic mass is 79.9. The molecule has 0 saturated carbocycles. The molecule has 0 spiro atoms.